The summed E-state index contributed by atoms with van der Waals surface area (Å²) in [7, 11) is 6.24. The first-order valence-corrected chi connectivity index (χ1v) is 10.6. The molecule has 0 bridgehead atoms. The predicted octanol–water partition coefficient (Wildman–Crippen LogP) is 5.71. The molecular formula is C26H25N3O6. The third kappa shape index (κ3) is 5.30. The summed E-state index contributed by atoms with van der Waals surface area (Å²) in [5.74, 6) is 3.49. The molecule has 0 unspecified atom stereocenters. The number of hydrogen-bond acceptors (Lipinski definition) is 7. The number of urea groups is 1. The van der Waals surface area contributed by atoms with Gasteiger partial charge in [0, 0.05) is 29.4 Å². The first kappa shape index (κ1) is 23.5. The number of aromatic nitrogens is 1. The highest BCUT2D eigenvalue weighted by Gasteiger charge is 2.12. The van der Waals surface area contributed by atoms with Crippen LogP contribution in [0, 0.1) is 0 Å². The van der Waals surface area contributed by atoms with E-state index in [0.29, 0.717) is 51.4 Å². The molecule has 2 amide bonds. The number of carbonyl (C=O) groups excluding carboxylic acids is 1. The smallest absolute Gasteiger partial charge is 0.323 e. The zero-order valence-electron chi connectivity index (χ0n) is 19.7. The van der Waals surface area contributed by atoms with Crippen LogP contribution in [-0.2, 0) is 0 Å². The largest absolute Gasteiger partial charge is 0.497 e. The lowest BCUT2D eigenvalue weighted by molar-refractivity contribution is 0.262. The Morgan fingerprint density at radius 2 is 1.37 bits per heavy atom. The topological polar surface area (TPSA) is 100 Å². The lowest BCUT2D eigenvalue weighted by Gasteiger charge is -2.13. The van der Waals surface area contributed by atoms with E-state index in [0.717, 1.165) is 5.39 Å². The van der Waals surface area contributed by atoms with Gasteiger partial charge in [-0.25, -0.2) is 4.79 Å². The molecule has 0 aliphatic heterocycles. The minimum Gasteiger partial charge on any atom is -0.497 e. The fourth-order valence-corrected chi connectivity index (χ4v) is 3.47. The van der Waals surface area contributed by atoms with Crippen molar-refractivity contribution >= 4 is 28.3 Å². The Kier molecular flexibility index (Phi) is 7.06. The van der Waals surface area contributed by atoms with E-state index in [1.807, 2.05) is 6.07 Å². The molecule has 3 aromatic carbocycles. The Bertz CT molecular complexity index is 1340. The Hall–Kier alpha value is -4.66. The van der Waals surface area contributed by atoms with Crippen molar-refractivity contribution in [2.75, 3.05) is 39.1 Å². The maximum absolute atomic E-state index is 12.5. The van der Waals surface area contributed by atoms with E-state index in [-0.39, 0.29) is 0 Å². The molecule has 9 heteroatoms. The first-order chi connectivity index (χ1) is 17.0. The van der Waals surface area contributed by atoms with Crippen LogP contribution in [-0.4, -0.2) is 39.5 Å². The van der Waals surface area contributed by atoms with E-state index < -0.39 is 6.03 Å². The van der Waals surface area contributed by atoms with Crippen LogP contribution in [0.15, 0.2) is 66.9 Å². The highest BCUT2D eigenvalue weighted by molar-refractivity contribution is 6.00. The maximum Gasteiger partial charge on any atom is 0.323 e. The van der Waals surface area contributed by atoms with Gasteiger partial charge >= 0.3 is 6.03 Å². The van der Waals surface area contributed by atoms with Gasteiger partial charge in [0.15, 0.2) is 11.5 Å². The molecule has 180 valence electrons. The van der Waals surface area contributed by atoms with Crippen LogP contribution in [0.25, 0.3) is 10.9 Å². The van der Waals surface area contributed by atoms with Gasteiger partial charge in [-0.1, -0.05) is 0 Å². The molecule has 0 fully saturated rings. The van der Waals surface area contributed by atoms with Gasteiger partial charge in [-0.15, -0.1) is 0 Å². The van der Waals surface area contributed by atoms with Gasteiger partial charge < -0.3 is 34.3 Å². The zero-order chi connectivity index (χ0) is 24.8. The normalized spacial score (nSPS) is 10.4. The summed E-state index contributed by atoms with van der Waals surface area (Å²) in [6, 6.07) is 17.1. The summed E-state index contributed by atoms with van der Waals surface area (Å²) in [6.07, 6.45) is 1.66. The van der Waals surface area contributed by atoms with Crippen LogP contribution in [0.3, 0.4) is 0 Å². The Morgan fingerprint density at radius 1 is 0.686 bits per heavy atom. The maximum atomic E-state index is 12.5. The van der Waals surface area contributed by atoms with Crippen molar-refractivity contribution in [1.29, 1.82) is 0 Å². The average Bonchev–Trinajstić information content (AvgIpc) is 2.89. The second-order valence-electron chi connectivity index (χ2n) is 7.31. The minimum atomic E-state index is -0.425. The zero-order valence-corrected chi connectivity index (χ0v) is 19.7. The van der Waals surface area contributed by atoms with Gasteiger partial charge in [0.25, 0.3) is 0 Å². The van der Waals surface area contributed by atoms with E-state index in [9.17, 15) is 4.79 Å². The van der Waals surface area contributed by atoms with Gasteiger partial charge in [-0.05, 0) is 48.5 Å². The monoisotopic (exact) mass is 475 g/mol. The summed E-state index contributed by atoms with van der Waals surface area (Å²) >= 11 is 0. The predicted molar refractivity (Wildman–Crippen MR) is 134 cm³/mol. The summed E-state index contributed by atoms with van der Waals surface area (Å²) in [6.45, 7) is 0. The molecule has 35 heavy (non-hydrogen) atoms. The van der Waals surface area contributed by atoms with Crippen LogP contribution in [0.4, 0.5) is 16.2 Å². The average molecular weight is 476 g/mol. The number of amides is 2. The van der Waals surface area contributed by atoms with Gasteiger partial charge in [-0.3, -0.25) is 4.98 Å². The third-order valence-electron chi connectivity index (χ3n) is 5.20. The van der Waals surface area contributed by atoms with Crippen LogP contribution in [0.5, 0.6) is 34.5 Å². The van der Waals surface area contributed by atoms with Gasteiger partial charge in [0.05, 0.1) is 39.6 Å². The fourth-order valence-electron chi connectivity index (χ4n) is 3.47. The second kappa shape index (κ2) is 10.5. The second-order valence-corrected chi connectivity index (χ2v) is 7.31. The van der Waals surface area contributed by atoms with E-state index >= 15 is 0 Å². The van der Waals surface area contributed by atoms with Crippen LogP contribution in [0.2, 0.25) is 0 Å². The Balaban J connectivity index is 1.47. The van der Waals surface area contributed by atoms with Crippen molar-refractivity contribution in [3.05, 3.63) is 66.9 Å². The summed E-state index contributed by atoms with van der Waals surface area (Å²) in [4.78, 5) is 16.9. The van der Waals surface area contributed by atoms with E-state index in [2.05, 4.69) is 15.6 Å². The summed E-state index contributed by atoms with van der Waals surface area (Å²) < 4.78 is 27.3. The molecule has 0 saturated heterocycles. The standard InChI is InChI=1S/C26H25N3O6/c1-31-18-9-10-23(32-2)21(13-18)29-26(30)28-16-5-7-17(8-6-16)35-22-11-12-27-20-15-25(34-4)24(33-3)14-19(20)22/h5-15H,1-4H3,(H2,28,29,30). The number of pyridine rings is 1. The number of carbonyl (C=O) groups is 1. The van der Waals surface area contributed by atoms with Gasteiger partial charge in [0.1, 0.15) is 23.0 Å². The van der Waals surface area contributed by atoms with Crippen molar-refractivity contribution in [2.45, 2.75) is 0 Å². The molecule has 0 saturated carbocycles. The molecule has 0 aliphatic rings. The van der Waals surface area contributed by atoms with E-state index in [4.69, 9.17) is 23.7 Å². The SMILES string of the molecule is COc1ccc(OC)c(NC(=O)Nc2ccc(Oc3ccnc4cc(OC)c(OC)cc34)cc2)c1. The number of methoxy groups -OCH3 is 4. The Morgan fingerprint density at radius 3 is 2.06 bits per heavy atom. The van der Waals surface area contributed by atoms with Crippen molar-refractivity contribution in [3.63, 3.8) is 0 Å². The highest BCUT2D eigenvalue weighted by atomic mass is 16.5. The number of fused-ring (bicyclic) bond motifs is 1. The highest BCUT2D eigenvalue weighted by Crippen LogP contribution is 2.37. The van der Waals surface area contributed by atoms with Crippen LogP contribution < -0.4 is 34.3 Å². The number of anilines is 2. The lowest BCUT2D eigenvalue weighted by atomic mass is 10.2. The molecule has 0 aliphatic carbocycles. The summed E-state index contributed by atoms with van der Waals surface area (Å²) in [5.41, 5.74) is 1.78. The number of benzene rings is 3. The molecule has 0 atom stereocenters. The molecular weight excluding hydrogens is 450 g/mol. The molecule has 9 nitrogen and oxygen atoms in total. The quantitative estimate of drug-likeness (QED) is 0.337. The first-order valence-electron chi connectivity index (χ1n) is 10.6. The number of hydrogen-bond donors (Lipinski definition) is 2. The molecule has 4 aromatic rings. The minimum absolute atomic E-state index is 0.425. The van der Waals surface area contributed by atoms with Crippen molar-refractivity contribution in [1.82, 2.24) is 4.98 Å². The molecule has 0 radical (unpaired) electrons. The molecule has 1 heterocycles. The molecule has 1 aromatic heterocycles. The Labute approximate surface area is 202 Å². The molecule has 4 rings (SSSR count). The number of nitrogens with zero attached hydrogens (tertiary/aromatic N) is 1. The fraction of sp³-hybridized carbons (Fsp3) is 0.154. The number of rotatable bonds is 8. The number of ether oxygens (including phenoxy) is 5. The molecule has 2 N–H and O–H groups in total. The van der Waals surface area contributed by atoms with Crippen LogP contribution >= 0.6 is 0 Å². The third-order valence-corrected chi connectivity index (χ3v) is 5.20. The number of nitrogens with one attached hydrogen (secondary N) is 2. The van der Waals surface area contributed by atoms with E-state index in [1.165, 1.54) is 7.11 Å². The van der Waals surface area contributed by atoms with Gasteiger partial charge in [0.2, 0.25) is 0 Å². The van der Waals surface area contributed by atoms with Crippen LogP contribution in [0.1, 0.15) is 0 Å². The molecule has 0 spiro atoms. The summed E-state index contributed by atoms with van der Waals surface area (Å²) in [5, 5.41) is 6.33. The van der Waals surface area contributed by atoms with Crippen molar-refractivity contribution in [3.8, 4) is 34.5 Å². The van der Waals surface area contributed by atoms with Gasteiger partial charge in [-0.2, -0.15) is 0 Å². The van der Waals surface area contributed by atoms with E-state index in [1.54, 1.807) is 82.1 Å². The van der Waals surface area contributed by atoms with Crippen molar-refractivity contribution < 1.29 is 28.5 Å². The lowest BCUT2D eigenvalue weighted by Crippen LogP contribution is -2.19. The van der Waals surface area contributed by atoms with Crippen molar-refractivity contribution in [2.24, 2.45) is 0 Å².